The van der Waals surface area contributed by atoms with Crippen LogP contribution in [0.3, 0.4) is 0 Å². The van der Waals surface area contributed by atoms with Crippen LogP contribution in [-0.4, -0.2) is 24.4 Å². The minimum absolute atomic E-state index is 0.212. The number of benzene rings is 1. The van der Waals surface area contributed by atoms with Crippen molar-refractivity contribution in [1.82, 2.24) is 0 Å². The number of hydrogen-bond acceptors (Lipinski definition) is 2. The molecule has 1 saturated heterocycles. The summed E-state index contributed by atoms with van der Waals surface area (Å²) in [6, 6.07) is 10.5. The van der Waals surface area contributed by atoms with Gasteiger partial charge in [-0.25, -0.2) is 0 Å². The molecule has 2 unspecified atom stereocenters. The average Bonchev–Trinajstić information content (AvgIpc) is 2.86. The van der Waals surface area contributed by atoms with Gasteiger partial charge in [0, 0.05) is 0 Å². The summed E-state index contributed by atoms with van der Waals surface area (Å²) < 4.78 is 49.7. The number of methoxy groups -OCH3 is 1. The number of fused-ring (bicyclic) bond motifs is 1. The van der Waals surface area contributed by atoms with E-state index >= 15 is 0 Å². The fourth-order valence-electron chi connectivity index (χ4n) is 3.34. The van der Waals surface area contributed by atoms with E-state index in [1.807, 2.05) is 6.07 Å². The molecular formula is C23H20CrO7. The summed E-state index contributed by atoms with van der Waals surface area (Å²) in [7, 11) is 1.71. The molecule has 1 aromatic carbocycles. The van der Waals surface area contributed by atoms with E-state index in [4.69, 9.17) is 32.7 Å². The first kappa shape index (κ1) is 33.4. The van der Waals surface area contributed by atoms with Gasteiger partial charge in [0.2, 0.25) is 0 Å². The first-order valence-electron chi connectivity index (χ1n) is 8.42. The Balaban J connectivity index is -0.000000692. The van der Waals surface area contributed by atoms with Crippen LogP contribution in [0.5, 0.6) is 0 Å². The van der Waals surface area contributed by atoms with Gasteiger partial charge in [0.25, 0.3) is 0 Å². The van der Waals surface area contributed by atoms with Crippen LogP contribution < -0.4 is 0 Å². The quantitative estimate of drug-likeness (QED) is 0.506. The molecule has 0 saturated carbocycles. The molecule has 1 aliphatic heterocycles. The van der Waals surface area contributed by atoms with Gasteiger partial charge in [-0.05, 0) is 0 Å². The second kappa shape index (κ2) is 22.4. The van der Waals surface area contributed by atoms with Crippen molar-refractivity contribution < 1.29 is 48.6 Å². The van der Waals surface area contributed by atoms with Crippen molar-refractivity contribution >= 4 is 10.6 Å². The molecule has 3 rings (SSSR count). The van der Waals surface area contributed by atoms with Crippen LogP contribution >= 0.6 is 0 Å². The Morgan fingerprint density at radius 3 is 1.97 bits per heavy atom. The third-order valence-corrected chi connectivity index (χ3v) is 4.88. The summed E-state index contributed by atoms with van der Waals surface area (Å²) in [5.41, 5.74) is 5.17. The van der Waals surface area contributed by atoms with Gasteiger partial charge in [0.05, 0.1) is 0 Å². The summed E-state index contributed by atoms with van der Waals surface area (Å²) in [6.07, 6.45) is 4.82. The standard InChI is InChI=1S/C18H20O2.5CO.Cr/c1-13(11-14-7-4-3-5-8-14)17-15-9-6-10-20-18(15)16(17)12-19-2;5*1-2;/h3-5,7-8,11,15,18H,6,9-10H2,1-2H3;;;;;;/b13-11+;;;;;;. The molecule has 1 fully saturated rings. The predicted octanol–water partition coefficient (Wildman–Crippen LogP) is 3.33. The van der Waals surface area contributed by atoms with Crippen LogP contribution in [0.2, 0.25) is 0 Å². The van der Waals surface area contributed by atoms with E-state index in [2.05, 4.69) is 86.4 Å². The Morgan fingerprint density at radius 2 is 1.48 bits per heavy atom. The number of ether oxygens (including phenoxy) is 2. The van der Waals surface area contributed by atoms with Crippen molar-refractivity contribution in [1.29, 1.82) is 0 Å². The van der Waals surface area contributed by atoms with E-state index in [1.165, 1.54) is 28.7 Å². The predicted molar refractivity (Wildman–Crippen MR) is 101 cm³/mol. The number of hydrogen-bond donors (Lipinski definition) is 0. The van der Waals surface area contributed by atoms with Crippen molar-refractivity contribution in [3.63, 3.8) is 0 Å². The Morgan fingerprint density at radius 1 is 0.968 bits per heavy atom. The second-order valence-corrected chi connectivity index (χ2v) is 6.18. The van der Waals surface area contributed by atoms with Crippen molar-refractivity contribution in [3.8, 4) is 0 Å². The molecule has 1 aliphatic carbocycles. The zero-order chi connectivity index (χ0) is 24.8. The minimum atomic E-state index is 0.212. The van der Waals surface area contributed by atoms with E-state index in [9.17, 15) is 0 Å². The summed E-state index contributed by atoms with van der Waals surface area (Å²) in [4.78, 5) is 0. The summed E-state index contributed by atoms with van der Waals surface area (Å²) in [5.74, 6) is 0.521. The molecule has 1 aromatic rings. The zero-order valence-electron chi connectivity index (χ0n) is 17.0. The molecule has 0 radical (unpaired) electrons. The van der Waals surface area contributed by atoms with Crippen LogP contribution in [0.15, 0.2) is 47.1 Å². The summed E-state index contributed by atoms with van der Waals surface area (Å²) in [5, 5.41) is 0. The Kier molecular flexibility index (Phi) is 24.1. The Bertz CT molecular complexity index is 779. The molecule has 2 aliphatic rings. The van der Waals surface area contributed by atoms with Gasteiger partial charge in [-0.1, -0.05) is 0 Å². The van der Waals surface area contributed by atoms with Gasteiger partial charge in [0.15, 0.2) is 0 Å². The van der Waals surface area contributed by atoms with Crippen LogP contribution in [0.1, 0.15) is 25.3 Å². The van der Waals surface area contributed by atoms with Crippen LogP contribution in [-0.2, 0) is 48.6 Å². The number of allylic oxidation sites excluding steroid dienone is 1. The van der Waals surface area contributed by atoms with Gasteiger partial charge in [-0.3, -0.25) is 0 Å². The van der Waals surface area contributed by atoms with E-state index in [0.717, 1.165) is 17.6 Å². The molecule has 7 nitrogen and oxygen atoms in total. The topological polar surface area (TPSA) is 118 Å². The molecule has 0 amide bonds. The average molecular weight is 460 g/mol. The van der Waals surface area contributed by atoms with Gasteiger partial charge < -0.3 is 0 Å². The molecule has 31 heavy (non-hydrogen) atoms. The zero-order valence-corrected chi connectivity index (χ0v) is 18.3. The maximum atomic E-state index is 7.50. The first-order valence-corrected chi connectivity index (χ1v) is 9.06. The molecule has 0 aromatic heterocycles. The molecule has 2 atom stereocenters. The molecule has 160 valence electrons. The Labute approximate surface area is 190 Å². The van der Waals surface area contributed by atoms with Crippen LogP contribution in [0, 0.1) is 39.2 Å². The van der Waals surface area contributed by atoms with Crippen molar-refractivity contribution in [2.45, 2.75) is 25.9 Å². The van der Waals surface area contributed by atoms with E-state index < -0.39 is 0 Å². The molecule has 0 N–H and O–H groups in total. The fraction of sp³-hybridized carbons (Fsp3) is 0.304. The molecule has 0 spiro atoms. The van der Waals surface area contributed by atoms with Crippen LogP contribution in [0.25, 0.3) is 6.08 Å². The van der Waals surface area contributed by atoms with E-state index in [0.29, 0.717) is 5.92 Å². The van der Waals surface area contributed by atoms with Crippen molar-refractivity contribution in [3.05, 3.63) is 85.9 Å². The maximum absolute atomic E-state index is 7.50. The fourth-order valence-corrected chi connectivity index (χ4v) is 3.69. The van der Waals surface area contributed by atoms with Gasteiger partial charge in [0.1, 0.15) is 0 Å². The monoisotopic (exact) mass is 460 g/mol. The third kappa shape index (κ3) is 10.0. The third-order valence-electron chi connectivity index (χ3n) is 4.28. The van der Waals surface area contributed by atoms with E-state index in [-0.39, 0.29) is 6.10 Å². The molecular weight excluding hydrogens is 440 g/mol. The number of rotatable bonds is 4. The molecule has 1 heterocycles. The normalized spacial score (nSPS) is 17.5. The van der Waals surface area contributed by atoms with Crippen molar-refractivity contribution in [2.75, 3.05) is 13.7 Å². The van der Waals surface area contributed by atoms with Gasteiger partial charge >= 0.3 is 191 Å². The Hall–Kier alpha value is -2.28. The van der Waals surface area contributed by atoms with Crippen molar-refractivity contribution in [2.24, 2.45) is 5.92 Å². The van der Waals surface area contributed by atoms with E-state index in [1.54, 1.807) is 7.11 Å². The molecule has 0 bridgehead atoms. The SMILES string of the molecule is CO[C](=[Cr])C1=C(/C(C)=C/c2ccccc2)C2CCCOC12.[C-]#[O+].[C-]#[O+].[C-]#[O+].[C-]#[O+].[C-]#[O+]. The molecule has 8 heteroatoms. The second-order valence-electron chi connectivity index (χ2n) is 5.60. The summed E-state index contributed by atoms with van der Waals surface area (Å²) >= 11 is 3.04. The summed E-state index contributed by atoms with van der Waals surface area (Å²) in [6.45, 7) is 25.5. The van der Waals surface area contributed by atoms with Gasteiger partial charge in [-0.15, -0.1) is 0 Å². The van der Waals surface area contributed by atoms with Gasteiger partial charge in [-0.2, -0.15) is 0 Å². The first-order chi connectivity index (χ1) is 15.2. The van der Waals surface area contributed by atoms with Crippen LogP contribution in [0.4, 0.5) is 0 Å².